The van der Waals surface area contributed by atoms with E-state index >= 15 is 0 Å². The summed E-state index contributed by atoms with van der Waals surface area (Å²) >= 11 is 0. The van der Waals surface area contributed by atoms with E-state index in [0.29, 0.717) is 11.6 Å². The van der Waals surface area contributed by atoms with Crippen LogP contribution in [0, 0.1) is 17.0 Å². The van der Waals surface area contributed by atoms with Gasteiger partial charge in [0, 0.05) is 24.6 Å². The van der Waals surface area contributed by atoms with Crippen molar-refractivity contribution in [1.82, 2.24) is 4.98 Å². The molecule has 0 bridgehead atoms. The van der Waals surface area contributed by atoms with Crippen molar-refractivity contribution in [2.75, 3.05) is 0 Å². The van der Waals surface area contributed by atoms with Crippen LogP contribution in [0.2, 0.25) is 0 Å². The minimum Gasteiger partial charge on any atom is -0.449 e. The number of hydrogen-bond donors (Lipinski definition) is 0. The van der Waals surface area contributed by atoms with Gasteiger partial charge in [0.25, 0.3) is 5.69 Å². The van der Waals surface area contributed by atoms with Crippen molar-refractivity contribution in [1.29, 1.82) is 0 Å². The van der Waals surface area contributed by atoms with Crippen LogP contribution in [0.5, 0.6) is 0 Å². The molecule has 0 N–H and O–H groups in total. The fourth-order valence-corrected chi connectivity index (χ4v) is 1.25. The maximum absolute atomic E-state index is 10.4. The Morgan fingerprint density at radius 3 is 2.47 bits per heavy atom. The van der Waals surface area contributed by atoms with E-state index in [1.807, 2.05) is 0 Å². The molecular weight excluding hydrogens is 196 g/mol. The predicted molar refractivity (Wildman–Crippen MR) is 53.3 cm³/mol. The molecule has 0 amide bonds. The van der Waals surface area contributed by atoms with Crippen molar-refractivity contribution in [3.8, 4) is 11.3 Å². The highest BCUT2D eigenvalue weighted by Crippen LogP contribution is 2.21. The van der Waals surface area contributed by atoms with Crippen LogP contribution < -0.4 is 0 Å². The Kier molecular flexibility index (Phi) is 2.21. The van der Waals surface area contributed by atoms with Gasteiger partial charge in [0.1, 0.15) is 12.0 Å². The van der Waals surface area contributed by atoms with Gasteiger partial charge in [0.15, 0.2) is 5.89 Å². The number of nitro benzene ring substituents is 1. The summed E-state index contributed by atoms with van der Waals surface area (Å²) in [6.07, 6.45) is 1.52. The molecule has 0 saturated carbocycles. The molecule has 0 aliphatic heterocycles. The lowest BCUT2D eigenvalue weighted by atomic mass is 10.1. The summed E-state index contributed by atoms with van der Waals surface area (Å²) in [7, 11) is 0. The first-order chi connectivity index (χ1) is 7.16. The SMILES string of the molecule is Cc1nc(-c2ccc([N+](=O)[O-])cc2)co1. The first-order valence-corrected chi connectivity index (χ1v) is 4.34. The minimum atomic E-state index is -0.433. The summed E-state index contributed by atoms with van der Waals surface area (Å²) in [5, 5.41) is 10.4. The fraction of sp³-hybridized carbons (Fsp3) is 0.100. The molecule has 1 aromatic heterocycles. The monoisotopic (exact) mass is 204 g/mol. The lowest BCUT2D eigenvalue weighted by Gasteiger charge is -1.94. The Balaban J connectivity index is 2.35. The van der Waals surface area contributed by atoms with Crippen molar-refractivity contribution in [2.24, 2.45) is 0 Å². The van der Waals surface area contributed by atoms with Crippen LogP contribution in [0.4, 0.5) is 5.69 Å². The minimum absolute atomic E-state index is 0.0685. The molecule has 2 aromatic rings. The normalized spacial score (nSPS) is 10.2. The standard InChI is InChI=1S/C10H8N2O3/c1-7-11-10(6-15-7)8-2-4-9(5-3-8)12(13)14/h2-6H,1H3. The van der Waals surface area contributed by atoms with E-state index in [1.54, 1.807) is 19.1 Å². The smallest absolute Gasteiger partial charge is 0.269 e. The van der Waals surface area contributed by atoms with Gasteiger partial charge in [-0.2, -0.15) is 0 Å². The predicted octanol–water partition coefficient (Wildman–Crippen LogP) is 2.56. The fourth-order valence-electron chi connectivity index (χ4n) is 1.25. The van der Waals surface area contributed by atoms with Crippen LogP contribution in [0.1, 0.15) is 5.89 Å². The number of non-ortho nitro benzene ring substituents is 1. The maximum Gasteiger partial charge on any atom is 0.269 e. The van der Waals surface area contributed by atoms with Crippen LogP contribution in [-0.2, 0) is 0 Å². The van der Waals surface area contributed by atoms with Gasteiger partial charge in [-0.1, -0.05) is 0 Å². The summed E-state index contributed by atoms with van der Waals surface area (Å²) in [4.78, 5) is 14.1. The highest BCUT2D eigenvalue weighted by Gasteiger charge is 2.07. The first kappa shape index (κ1) is 9.39. The van der Waals surface area contributed by atoms with E-state index in [4.69, 9.17) is 4.42 Å². The van der Waals surface area contributed by atoms with Gasteiger partial charge in [-0.15, -0.1) is 0 Å². The molecule has 0 unspecified atom stereocenters. The largest absolute Gasteiger partial charge is 0.449 e. The highest BCUT2D eigenvalue weighted by atomic mass is 16.6. The van der Waals surface area contributed by atoms with Crippen LogP contribution in [-0.4, -0.2) is 9.91 Å². The van der Waals surface area contributed by atoms with Gasteiger partial charge < -0.3 is 4.42 Å². The summed E-state index contributed by atoms with van der Waals surface area (Å²) in [5.41, 5.74) is 1.55. The average molecular weight is 204 g/mol. The number of hydrogen-bond acceptors (Lipinski definition) is 4. The molecule has 5 heteroatoms. The van der Waals surface area contributed by atoms with E-state index in [-0.39, 0.29) is 5.69 Å². The molecule has 1 aromatic carbocycles. The Hall–Kier alpha value is -2.17. The highest BCUT2D eigenvalue weighted by molar-refractivity contribution is 5.59. The lowest BCUT2D eigenvalue weighted by molar-refractivity contribution is -0.384. The summed E-state index contributed by atoms with van der Waals surface area (Å²) in [6, 6.07) is 6.18. The van der Waals surface area contributed by atoms with Gasteiger partial charge in [-0.05, 0) is 12.1 Å². The molecule has 0 fully saturated rings. The van der Waals surface area contributed by atoms with Crippen molar-refractivity contribution in [3.63, 3.8) is 0 Å². The van der Waals surface area contributed by atoms with Crippen molar-refractivity contribution >= 4 is 5.69 Å². The lowest BCUT2D eigenvalue weighted by Crippen LogP contribution is -1.87. The average Bonchev–Trinajstić information content (AvgIpc) is 2.65. The quantitative estimate of drug-likeness (QED) is 0.556. The Labute approximate surface area is 85.5 Å². The zero-order chi connectivity index (χ0) is 10.8. The van der Waals surface area contributed by atoms with Crippen molar-refractivity contribution < 1.29 is 9.34 Å². The molecular formula is C10H8N2O3. The molecule has 1 heterocycles. The van der Waals surface area contributed by atoms with Crippen LogP contribution in [0.15, 0.2) is 34.9 Å². The topological polar surface area (TPSA) is 69.2 Å². The molecule has 5 nitrogen and oxygen atoms in total. The first-order valence-electron chi connectivity index (χ1n) is 4.34. The molecule has 0 saturated heterocycles. The number of aryl methyl sites for hydroxylation is 1. The van der Waals surface area contributed by atoms with Crippen LogP contribution in [0.25, 0.3) is 11.3 Å². The number of aromatic nitrogens is 1. The van der Waals surface area contributed by atoms with Crippen LogP contribution in [0.3, 0.4) is 0 Å². The van der Waals surface area contributed by atoms with E-state index < -0.39 is 4.92 Å². The van der Waals surface area contributed by atoms with E-state index in [1.165, 1.54) is 18.4 Å². The molecule has 0 atom stereocenters. The van der Waals surface area contributed by atoms with Crippen LogP contribution >= 0.6 is 0 Å². The maximum atomic E-state index is 10.4. The summed E-state index contributed by atoms with van der Waals surface area (Å²) in [5.74, 6) is 0.573. The van der Waals surface area contributed by atoms with Crippen molar-refractivity contribution in [2.45, 2.75) is 6.92 Å². The van der Waals surface area contributed by atoms with Gasteiger partial charge in [0.05, 0.1) is 4.92 Å². The number of benzene rings is 1. The van der Waals surface area contributed by atoms with Gasteiger partial charge in [-0.3, -0.25) is 10.1 Å². The number of rotatable bonds is 2. The van der Waals surface area contributed by atoms with E-state index in [2.05, 4.69) is 4.98 Å². The molecule has 76 valence electrons. The Morgan fingerprint density at radius 2 is 2.00 bits per heavy atom. The summed E-state index contributed by atoms with van der Waals surface area (Å²) < 4.78 is 5.05. The number of oxazole rings is 1. The third-order valence-electron chi connectivity index (χ3n) is 1.99. The van der Waals surface area contributed by atoms with E-state index in [9.17, 15) is 10.1 Å². The van der Waals surface area contributed by atoms with E-state index in [0.717, 1.165) is 5.56 Å². The Morgan fingerprint density at radius 1 is 1.33 bits per heavy atom. The van der Waals surface area contributed by atoms with Gasteiger partial charge in [-0.25, -0.2) is 4.98 Å². The molecule has 15 heavy (non-hydrogen) atoms. The van der Waals surface area contributed by atoms with Crippen molar-refractivity contribution in [3.05, 3.63) is 46.5 Å². The second-order valence-electron chi connectivity index (χ2n) is 3.06. The molecule has 0 aliphatic carbocycles. The molecule has 0 spiro atoms. The number of nitro groups is 1. The Bertz CT molecular complexity index is 488. The second kappa shape index (κ2) is 3.53. The zero-order valence-electron chi connectivity index (χ0n) is 8.01. The summed E-state index contributed by atoms with van der Waals surface area (Å²) in [6.45, 7) is 1.74. The number of nitrogens with zero attached hydrogens (tertiary/aromatic N) is 2. The second-order valence-corrected chi connectivity index (χ2v) is 3.06. The third kappa shape index (κ3) is 1.85. The van der Waals surface area contributed by atoms with Gasteiger partial charge >= 0.3 is 0 Å². The molecule has 0 radical (unpaired) electrons. The molecule has 2 rings (SSSR count). The van der Waals surface area contributed by atoms with Gasteiger partial charge in [0.2, 0.25) is 0 Å². The third-order valence-corrected chi connectivity index (χ3v) is 1.99. The molecule has 0 aliphatic rings. The zero-order valence-corrected chi connectivity index (χ0v) is 8.01.